The van der Waals surface area contributed by atoms with E-state index >= 15 is 0 Å². The molecule has 2 N–H and O–H groups in total. The van der Waals surface area contributed by atoms with Crippen LogP contribution in [0.1, 0.15) is 13.3 Å². The Morgan fingerprint density at radius 3 is 2.67 bits per heavy atom. The van der Waals surface area contributed by atoms with Crippen LogP contribution in [-0.2, 0) is 14.3 Å². The summed E-state index contributed by atoms with van der Waals surface area (Å²) < 4.78 is 5.34. The Bertz CT molecular complexity index is 572. The van der Waals surface area contributed by atoms with Crippen molar-refractivity contribution in [1.82, 2.24) is 10.2 Å². The van der Waals surface area contributed by atoms with Crippen LogP contribution < -0.4 is 10.6 Å². The number of benzene rings is 1. The Labute approximate surface area is 151 Å². The van der Waals surface area contributed by atoms with Crippen LogP contribution in [0.2, 0.25) is 10.0 Å². The average molecular weight is 374 g/mol. The number of carbonyl (C=O) groups excluding carboxylic acids is 2. The second kappa shape index (κ2) is 9.22. The van der Waals surface area contributed by atoms with Gasteiger partial charge in [-0.05, 0) is 19.1 Å². The van der Waals surface area contributed by atoms with E-state index in [1.54, 1.807) is 18.2 Å². The van der Waals surface area contributed by atoms with Crippen molar-refractivity contribution in [3.63, 3.8) is 0 Å². The van der Waals surface area contributed by atoms with Gasteiger partial charge in [0.15, 0.2) is 0 Å². The Morgan fingerprint density at radius 2 is 2.08 bits per heavy atom. The zero-order valence-corrected chi connectivity index (χ0v) is 15.0. The fourth-order valence-electron chi connectivity index (χ4n) is 2.44. The number of likely N-dealkylation sites (N-methyl/N-ethyl adjacent to an activating group) is 1. The molecule has 6 nitrogen and oxygen atoms in total. The zero-order chi connectivity index (χ0) is 17.5. The summed E-state index contributed by atoms with van der Waals surface area (Å²) >= 11 is 12.1. The molecular weight excluding hydrogens is 353 g/mol. The molecule has 1 saturated heterocycles. The van der Waals surface area contributed by atoms with Gasteiger partial charge in [0.2, 0.25) is 11.8 Å². The standard InChI is InChI=1S/C16H21Cl2N3O3/c1-2-21(15(23)8-11-10-24-7-6-19-11)9-14(22)20-16-12(17)4-3-5-13(16)18/h3-5,11,19H,2,6-10H2,1H3,(H,20,22). The molecule has 1 fully saturated rings. The Hall–Kier alpha value is -1.34. The second-order valence-corrected chi connectivity index (χ2v) is 6.30. The molecular formula is C16H21Cl2N3O3. The van der Waals surface area contributed by atoms with Gasteiger partial charge in [0.1, 0.15) is 0 Å². The second-order valence-electron chi connectivity index (χ2n) is 5.48. The van der Waals surface area contributed by atoms with E-state index in [4.69, 9.17) is 27.9 Å². The molecule has 0 bridgehead atoms. The summed E-state index contributed by atoms with van der Waals surface area (Å²) in [5.41, 5.74) is 0.358. The van der Waals surface area contributed by atoms with Crippen LogP contribution in [-0.4, -0.2) is 55.6 Å². The fourth-order valence-corrected chi connectivity index (χ4v) is 2.93. The predicted molar refractivity (Wildman–Crippen MR) is 94.6 cm³/mol. The minimum atomic E-state index is -0.340. The van der Waals surface area contributed by atoms with E-state index in [9.17, 15) is 9.59 Å². The van der Waals surface area contributed by atoms with E-state index in [2.05, 4.69) is 10.6 Å². The predicted octanol–water partition coefficient (Wildman–Crippen LogP) is 2.16. The lowest BCUT2D eigenvalue weighted by Gasteiger charge is -2.27. The molecule has 1 aromatic carbocycles. The summed E-state index contributed by atoms with van der Waals surface area (Å²) in [7, 11) is 0. The first kappa shape index (κ1) is 19.0. The summed E-state index contributed by atoms with van der Waals surface area (Å²) in [6.07, 6.45) is 0.300. The van der Waals surface area contributed by atoms with Gasteiger partial charge >= 0.3 is 0 Å². The van der Waals surface area contributed by atoms with Gasteiger partial charge in [-0.1, -0.05) is 29.3 Å². The Morgan fingerprint density at radius 1 is 1.38 bits per heavy atom. The maximum Gasteiger partial charge on any atom is 0.244 e. The lowest BCUT2D eigenvalue weighted by atomic mass is 10.2. The number of carbonyl (C=O) groups is 2. The molecule has 8 heteroatoms. The number of nitrogens with one attached hydrogen (secondary N) is 2. The lowest BCUT2D eigenvalue weighted by Crippen LogP contribution is -2.46. The first-order valence-electron chi connectivity index (χ1n) is 7.84. The molecule has 132 valence electrons. The quantitative estimate of drug-likeness (QED) is 0.801. The number of hydrogen-bond donors (Lipinski definition) is 2. The molecule has 0 aliphatic carbocycles. The molecule has 2 rings (SSSR count). The highest BCUT2D eigenvalue weighted by Crippen LogP contribution is 2.29. The molecule has 1 heterocycles. The van der Waals surface area contributed by atoms with E-state index in [1.165, 1.54) is 4.90 Å². The molecule has 1 atom stereocenters. The topological polar surface area (TPSA) is 70.7 Å². The van der Waals surface area contributed by atoms with Gasteiger partial charge in [0, 0.05) is 25.6 Å². The minimum Gasteiger partial charge on any atom is -0.378 e. The fraction of sp³-hybridized carbons (Fsp3) is 0.500. The molecule has 1 aliphatic rings. The number of amides is 2. The smallest absolute Gasteiger partial charge is 0.244 e. The minimum absolute atomic E-state index is 0.0126. The summed E-state index contributed by atoms with van der Waals surface area (Å²) in [5.74, 6) is -0.436. The van der Waals surface area contributed by atoms with E-state index in [0.717, 1.165) is 6.54 Å². The van der Waals surface area contributed by atoms with Crippen molar-refractivity contribution in [1.29, 1.82) is 0 Å². The summed E-state index contributed by atoms with van der Waals surface area (Å²) in [6.45, 7) is 4.11. The number of nitrogens with zero attached hydrogens (tertiary/aromatic N) is 1. The molecule has 0 saturated carbocycles. The number of morpholine rings is 1. The van der Waals surface area contributed by atoms with Gasteiger partial charge in [-0.2, -0.15) is 0 Å². The molecule has 2 amide bonds. The van der Waals surface area contributed by atoms with E-state index in [0.29, 0.717) is 41.9 Å². The first-order valence-corrected chi connectivity index (χ1v) is 8.59. The Balaban J connectivity index is 1.91. The highest BCUT2D eigenvalue weighted by atomic mass is 35.5. The third-order valence-electron chi connectivity index (χ3n) is 3.72. The normalized spacial score (nSPS) is 17.4. The average Bonchev–Trinajstić information content (AvgIpc) is 2.57. The number of ether oxygens (including phenoxy) is 1. The molecule has 24 heavy (non-hydrogen) atoms. The van der Waals surface area contributed by atoms with Crippen LogP contribution in [0.25, 0.3) is 0 Å². The third-order valence-corrected chi connectivity index (χ3v) is 4.35. The number of rotatable bonds is 6. The van der Waals surface area contributed by atoms with Crippen LogP contribution >= 0.6 is 23.2 Å². The summed E-state index contributed by atoms with van der Waals surface area (Å²) in [5, 5.41) is 6.60. The van der Waals surface area contributed by atoms with Crippen molar-refractivity contribution in [2.24, 2.45) is 0 Å². The summed E-state index contributed by atoms with van der Waals surface area (Å²) in [4.78, 5) is 26.1. The van der Waals surface area contributed by atoms with Crippen molar-refractivity contribution >= 4 is 40.7 Å². The number of anilines is 1. The van der Waals surface area contributed by atoms with Crippen LogP contribution in [0, 0.1) is 0 Å². The molecule has 0 aromatic heterocycles. The van der Waals surface area contributed by atoms with Gasteiger partial charge < -0.3 is 20.3 Å². The number of hydrogen-bond acceptors (Lipinski definition) is 4. The molecule has 1 aromatic rings. The monoisotopic (exact) mass is 373 g/mol. The van der Waals surface area contributed by atoms with Crippen molar-refractivity contribution < 1.29 is 14.3 Å². The van der Waals surface area contributed by atoms with E-state index in [-0.39, 0.29) is 24.4 Å². The Kier molecular flexibility index (Phi) is 7.30. The highest BCUT2D eigenvalue weighted by Gasteiger charge is 2.22. The maximum atomic E-state index is 12.4. The largest absolute Gasteiger partial charge is 0.378 e. The van der Waals surface area contributed by atoms with Gasteiger partial charge in [-0.25, -0.2) is 0 Å². The number of halogens is 2. The maximum absolute atomic E-state index is 12.4. The molecule has 0 radical (unpaired) electrons. The molecule has 1 aliphatic heterocycles. The van der Waals surface area contributed by atoms with Crippen molar-refractivity contribution in [3.05, 3.63) is 28.2 Å². The SMILES string of the molecule is CCN(CC(=O)Nc1c(Cl)cccc1Cl)C(=O)CC1COCCN1. The first-order chi connectivity index (χ1) is 11.5. The van der Waals surface area contributed by atoms with Crippen LogP contribution in [0.5, 0.6) is 0 Å². The lowest BCUT2D eigenvalue weighted by molar-refractivity contribution is -0.135. The van der Waals surface area contributed by atoms with E-state index < -0.39 is 0 Å². The van der Waals surface area contributed by atoms with Gasteiger partial charge in [0.05, 0.1) is 35.5 Å². The highest BCUT2D eigenvalue weighted by molar-refractivity contribution is 6.39. The van der Waals surface area contributed by atoms with Gasteiger partial charge in [0.25, 0.3) is 0 Å². The molecule has 0 spiro atoms. The van der Waals surface area contributed by atoms with Crippen molar-refractivity contribution in [2.75, 3.05) is 38.2 Å². The van der Waals surface area contributed by atoms with Gasteiger partial charge in [-0.15, -0.1) is 0 Å². The van der Waals surface area contributed by atoms with Crippen molar-refractivity contribution in [2.45, 2.75) is 19.4 Å². The van der Waals surface area contributed by atoms with Crippen LogP contribution in [0.15, 0.2) is 18.2 Å². The molecule has 1 unspecified atom stereocenters. The van der Waals surface area contributed by atoms with Gasteiger partial charge in [-0.3, -0.25) is 9.59 Å². The van der Waals surface area contributed by atoms with Crippen LogP contribution in [0.3, 0.4) is 0 Å². The number of para-hydroxylation sites is 1. The zero-order valence-electron chi connectivity index (χ0n) is 13.5. The van der Waals surface area contributed by atoms with Crippen molar-refractivity contribution in [3.8, 4) is 0 Å². The van der Waals surface area contributed by atoms with Crippen LogP contribution in [0.4, 0.5) is 5.69 Å². The summed E-state index contributed by atoms with van der Waals surface area (Å²) in [6, 6.07) is 4.96. The third kappa shape index (κ3) is 5.34. The van der Waals surface area contributed by atoms with E-state index in [1.807, 2.05) is 6.92 Å².